The molecular formula is C20H24N4O2. The summed E-state index contributed by atoms with van der Waals surface area (Å²) in [5.41, 5.74) is 1.78. The van der Waals surface area contributed by atoms with Crippen LogP contribution in [-0.2, 0) is 4.79 Å². The number of fused-ring (bicyclic) bond motifs is 2. The Morgan fingerprint density at radius 1 is 1.23 bits per heavy atom. The van der Waals surface area contributed by atoms with Crippen molar-refractivity contribution < 1.29 is 9.53 Å². The molecule has 2 aromatic rings. The predicted octanol–water partition coefficient (Wildman–Crippen LogP) is 3.44. The first-order valence-corrected chi connectivity index (χ1v) is 9.27. The van der Waals surface area contributed by atoms with Gasteiger partial charge >= 0.3 is 6.01 Å². The normalized spacial score (nSPS) is 24.3. The molecule has 4 rings (SSSR count). The Hall–Kier alpha value is -2.47. The number of amides is 1. The SMILES string of the molecule is Cc1cc(Oc2ncccn2)ccc1NC(=O)CC1CC2CCC(C1)N2. The standard InChI is InChI=1S/C20H24N4O2/c1-13-9-17(26-20-21-7-2-8-22-20)5-6-18(13)24-19(25)12-14-10-15-3-4-16(11-14)23-15/h2,5-9,14-16,23H,3-4,10-12H2,1H3,(H,24,25). The molecule has 1 aromatic heterocycles. The molecule has 136 valence electrons. The number of carbonyl (C=O) groups is 1. The second-order valence-corrected chi connectivity index (χ2v) is 7.34. The van der Waals surface area contributed by atoms with E-state index < -0.39 is 0 Å². The quantitative estimate of drug-likeness (QED) is 0.862. The summed E-state index contributed by atoms with van der Waals surface area (Å²) in [6.07, 6.45) is 8.63. The Labute approximate surface area is 153 Å². The minimum atomic E-state index is 0.0967. The lowest BCUT2D eigenvalue weighted by molar-refractivity contribution is -0.117. The average Bonchev–Trinajstić information content (AvgIpc) is 2.97. The molecular weight excluding hydrogens is 328 g/mol. The van der Waals surface area contributed by atoms with Crippen molar-refractivity contribution in [3.63, 3.8) is 0 Å². The van der Waals surface area contributed by atoms with Crippen LogP contribution in [0.1, 0.15) is 37.7 Å². The molecule has 2 unspecified atom stereocenters. The summed E-state index contributed by atoms with van der Waals surface area (Å²) in [6, 6.07) is 8.86. The molecule has 6 nitrogen and oxygen atoms in total. The zero-order valence-corrected chi connectivity index (χ0v) is 14.9. The third kappa shape index (κ3) is 4.02. The van der Waals surface area contributed by atoms with Crippen LogP contribution in [0, 0.1) is 12.8 Å². The number of carbonyl (C=O) groups excluding carboxylic acids is 1. The second kappa shape index (κ2) is 7.41. The molecule has 0 aliphatic carbocycles. The molecule has 2 fully saturated rings. The number of rotatable bonds is 5. The van der Waals surface area contributed by atoms with Gasteiger partial charge in [0.25, 0.3) is 0 Å². The van der Waals surface area contributed by atoms with Gasteiger partial charge in [-0.15, -0.1) is 0 Å². The number of aryl methyl sites for hydroxylation is 1. The van der Waals surface area contributed by atoms with Crippen LogP contribution in [0.25, 0.3) is 0 Å². The van der Waals surface area contributed by atoms with E-state index in [4.69, 9.17) is 4.74 Å². The number of ether oxygens (including phenoxy) is 1. The molecule has 3 heterocycles. The molecule has 2 atom stereocenters. The fourth-order valence-electron chi connectivity index (χ4n) is 4.09. The summed E-state index contributed by atoms with van der Waals surface area (Å²) < 4.78 is 5.63. The zero-order chi connectivity index (χ0) is 17.9. The Bertz CT molecular complexity index is 769. The van der Waals surface area contributed by atoms with E-state index in [0.717, 1.165) is 24.1 Å². The van der Waals surface area contributed by atoms with E-state index in [2.05, 4.69) is 20.6 Å². The molecule has 26 heavy (non-hydrogen) atoms. The highest BCUT2D eigenvalue weighted by Gasteiger charge is 2.34. The first kappa shape index (κ1) is 17.0. The number of nitrogens with zero attached hydrogens (tertiary/aromatic N) is 2. The maximum atomic E-state index is 12.5. The maximum Gasteiger partial charge on any atom is 0.321 e. The third-order valence-electron chi connectivity index (χ3n) is 5.27. The van der Waals surface area contributed by atoms with Gasteiger partial charge in [0, 0.05) is 36.6 Å². The topological polar surface area (TPSA) is 76.1 Å². The summed E-state index contributed by atoms with van der Waals surface area (Å²) in [6.45, 7) is 1.96. The zero-order valence-electron chi connectivity index (χ0n) is 14.9. The van der Waals surface area contributed by atoms with E-state index in [1.54, 1.807) is 18.5 Å². The van der Waals surface area contributed by atoms with E-state index in [1.807, 2.05) is 25.1 Å². The summed E-state index contributed by atoms with van der Waals surface area (Å²) >= 11 is 0. The van der Waals surface area contributed by atoms with Gasteiger partial charge in [-0.05, 0) is 68.4 Å². The largest absolute Gasteiger partial charge is 0.424 e. The van der Waals surface area contributed by atoms with Crippen LogP contribution >= 0.6 is 0 Å². The fraction of sp³-hybridized carbons (Fsp3) is 0.450. The lowest BCUT2D eigenvalue weighted by atomic mass is 9.89. The lowest BCUT2D eigenvalue weighted by Gasteiger charge is -2.28. The van der Waals surface area contributed by atoms with Crippen molar-refractivity contribution in [1.29, 1.82) is 0 Å². The number of piperidine rings is 1. The molecule has 2 aliphatic heterocycles. The van der Waals surface area contributed by atoms with E-state index >= 15 is 0 Å². The van der Waals surface area contributed by atoms with Crippen molar-refractivity contribution in [3.8, 4) is 11.8 Å². The first-order chi connectivity index (χ1) is 12.7. The average molecular weight is 352 g/mol. The van der Waals surface area contributed by atoms with Gasteiger partial charge in [-0.25, -0.2) is 9.97 Å². The molecule has 2 aliphatic rings. The smallest absolute Gasteiger partial charge is 0.321 e. The summed E-state index contributed by atoms with van der Waals surface area (Å²) in [4.78, 5) is 20.6. The van der Waals surface area contributed by atoms with Gasteiger partial charge in [0.15, 0.2) is 0 Å². The highest BCUT2D eigenvalue weighted by atomic mass is 16.5. The Morgan fingerprint density at radius 3 is 2.65 bits per heavy atom. The van der Waals surface area contributed by atoms with Crippen LogP contribution in [0.2, 0.25) is 0 Å². The van der Waals surface area contributed by atoms with E-state index in [0.29, 0.717) is 36.2 Å². The van der Waals surface area contributed by atoms with Crippen molar-refractivity contribution in [1.82, 2.24) is 15.3 Å². The Balaban J connectivity index is 1.35. The maximum absolute atomic E-state index is 12.5. The van der Waals surface area contributed by atoms with Crippen LogP contribution in [0.15, 0.2) is 36.7 Å². The molecule has 0 saturated carbocycles. The lowest BCUT2D eigenvalue weighted by Crippen LogP contribution is -2.39. The van der Waals surface area contributed by atoms with Crippen LogP contribution in [0.3, 0.4) is 0 Å². The van der Waals surface area contributed by atoms with Gasteiger partial charge in [0.1, 0.15) is 5.75 Å². The van der Waals surface area contributed by atoms with E-state index in [1.165, 1.54) is 12.8 Å². The van der Waals surface area contributed by atoms with Crippen LogP contribution in [-0.4, -0.2) is 28.0 Å². The number of benzene rings is 1. The Kier molecular flexibility index (Phi) is 4.84. The summed E-state index contributed by atoms with van der Waals surface area (Å²) in [7, 11) is 0. The Morgan fingerprint density at radius 2 is 1.96 bits per heavy atom. The minimum Gasteiger partial charge on any atom is -0.424 e. The molecule has 2 saturated heterocycles. The van der Waals surface area contributed by atoms with Gasteiger partial charge < -0.3 is 15.4 Å². The third-order valence-corrected chi connectivity index (χ3v) is 5.27. The van der Waals surface area contributed by atoms with Gasteiger partial charge in [-0.1, -0.05) is 0 Å². The van der Waals surface area contributed by atoms with Crippen molar-refractivity contribution in [3.05, 3.63) is 42.2 Å². The molecule has 2 bridgehead atoms. The van der Waals surface area contributed by atoms with Gasteiger partial charge in [0.05, 0.1) is 0 Å². The molecule has 1 amide bonds. The van der Waals surface area contributed by atoms with Crippen molar-refractivity contribution in [2.45, 2.75) is 51.1 Å². The first-order valence-electron chi connectivity index (χ1n) is 9.27. The van der Waals surface area contributed by atoms with E-state index in [-0.39, 0.29) is 5.91 Å². The molecule has 2 N–H and O–H groups in total. The van der Waals surface area contributed by atoms with Crippen LogP contribution in [0.5, 0.6) is 11.8 Å². The van der Waals surface area contributed by atoms with Crippen molar-refractivity contribution >= 4 is 11.6 Å². The van der Waals surface area contributed by atoms with Gasteiger partial charge in [0.2, 0.25) is 5.91 Å². The summed E-state index contributed by atoms with van der Waals surface area (Å²) in [5, 5.41) is 6.68. The van der Waals surface area contributed by atoms with Crippen molar-refractivity contribution in [2.75, 3.05) is 5.32 Å². The second-order valence-electron chi connectivity index (χ2n) is 7.34. The van der Waals surface area contributed by atoms with Crippen LogP contribution in [0.4, 0.5) is 5.69 Å². The number of hydrogen-bond donors (Lipinski definition) is 2. The fourth-order valence-corrected chi connectivity index (χ4v) is 4.09. The molecule has 0 spiro atoms. The predicted molar refractivity (Wildman–Crippen MR) is 99.2 cm³/mol. The van der Waals surface area contributed by atoms with E-state index in [9.17, 15) is 4.79 Å². The van der Waals surface area contributed by atoms with Gasteiger partial charge in [-0.2, -0.15) is 0 Å². The van der Waals surface area contributed by atoms with Gasteiger partial charge in [-0.3, -0.25) is 4.79 Å². The van der Waals surface area contributed by atoms with Crippen molar-refractivity contribution in [2.24, 2.45) is 5.92 Å². The molecule has 0 radical (unpaired) electrons. The molecule has 1 aromatic carbocycles. The molecule has 6 heteroatoms. The summed E-state index contributed by atoms with van der Waals surface area (Å²) in [5.74, 6) is 1.24. The minimum absolute atomic E-state index is 0.0967. The number of anilines is 1. The monoisotopic (exact) mass is 352 g/mol. The van der Waals surface area contributed by atoms with Crippen LogP contribution < -0.4 is 15.4 Å². The number of hydrogen-bond acceptors (Lipinski definition) is 5. The number of aromatic nitrogens is 2. The highest BCUT2D eigenvalue weighted by Crippen LogP contribution is 2.33. The highest BCUT2D eigenvalue weighted by molar-refractivity contribution is 5.91. The number of nitrogens with one attached hydrogen (secondary N) is 2.